The maximum atomic E-state index is 12.0. The standard InChI is InChI=1S/C13H13BrN2O2.2C2H6/c14-10-4-2-9(3-5-10)11-12(17)16-13(15-11)6-1-7-18-8-13;2*1-2/h2-5H,1,6-8H2,(H,16,17);2*1-2H3. The Bertz CT molecular complexity index is 506. The van der Waals surface area contributed by atoms with Crippen LogP contribution >= 0.6 is 15.9 Å². The first-order valence-electron chi connectivity index (χ1n) is 7.95. The Balaban J connectivity index is 0.000000561. The Kier molecular flexibility index (Phi) is 7.76. The van der Waals surface area contributed by atoms with Gasteiger partial charge < -0.3 is 10.1 Å². The first kappa shape index (κ1) is 18.8. The highest BCUT2D eigenvalue weighted by Crippen LogP contribution is 2.26. The van der Waals surface area contributed by atoms with Gasteiger partial charge in [-0.3, -0.25) is 4.79 Å². The van der Waals surface area contributed by atoms with E-state index in [0.717, 1.165) is 29.5 Å². The van der Waals surface area contributed by atoms with Crippen LogP contribution < -0.4 is 5.32 Å². The second-order valence-electron chi connectivity index (χ2n) is 4.61. The van der Waals surface area contributed by atoms with Crippen molar-refractivity contribution in [2.75, 3.05) is 13.2 Å². The summed E-state index contributed by atoms with van der Waals surface area (Å²) >= 11 is 3.38. The summed E-state index contributed by atoms with van der Waals surface area (Å²) < 4.78 is 6.42. The number of rotatable bonds is 1. The molecule has 1 atom stereocenters. The van der Waals surface area contributed by atoms with Gasteiger partial charge in [-0.2, -0.15) is 0 Å². The van der Waals surface area contributed by atoms with Gasteiger partial charge in [0.15, 0.2) is 5.66 Å². The number of carbonyl (C=O) groups is 1. The molecule has 3 rings (SSSR count). The number of hydrogen-bond acceptors (Lipinski definition) is 3. The fourth-order valence-corrected chi connectivity index (χ4v) is 2.60. The van der Waals surface area contributed by atoms with Gasteiger partial charge in [0.2, 0.25) is 0 Å². The minimum absolute atomic E-state index is 0.108. The number of amides is 1. The molecule has 22 heavy (non-hydrogen) atoms. The monoisotopic (exact) mass is 368 g/mol. The molecule has 0 bridgehead atoms. The summed E-state index contributed by atoms with van der Waals surface area (Å²) in [6.45, 7) is 9.22. The van der Waals surface area contributed by atoms with Crippen molar-refractivity contribution in [1.82, 2.24) is 5.32 Å². The molecule has 0 aromatic heterocycles. The average Bonchev–Trinajstić information content (AvgIpc) is 2.89. The zero-order valence-corrected chi connectivity index (χ0v) is 15.4. The normalized spacial score (nSPS) is 22.8. The van der Waals surface area contributed by atoms with Crippen LogP contribution in [0.4, 0.5) is 0 Å². The van der Waals surface area contributed by atoms with Crippen LogP contribution in [-0.4, -0.2) is 30.5 Å². The van der Waals surface area contributed by atoms with Gasteiger partial charge in [-0.05, 0) is 25.0 Å². The molecular formula is C17H25BrN2O2. The lowest BCUT2D eigenvalue weighted by molar-refractivity contribution is -0.116. The van der Waals surface area contributed by atoms with E-state index >= 15 is 0 Å². The van der Waals surface area contributed by atoms with E-state index in [1.807, 2.05) is 52.0 Å². The van der Waals surface area contributed by atoms with E-state index in [-0.39, 0.29) is 5.91 Å². The summed E-state index contributed by atoms with van der Waals surface area (Å²) in [7, 11) is 0. The topological polar surface area (TPSA) is 50.7 Å². The van der Waals surface area contributed by atoms with E-state index in [1.165, 1.54) is 0 Å². The van der Waals surface area contributed by atoms with Gasteiger partial charge in [-0.1, -0.05) is 55.8 Å². The van der Waals surface area contributed by atoms with Gasteiger partial charge in [-0.25, -0.2) is 4.99 Å². The van der Waals surface area contributed by atoms with Crippen LogP contribution in [0.3, 0.4) is 0 Å². The molecule has 5 heteroatoms. The summed E-state index contributed by atoms with van der Waals surface area (Å²) in [4.78, 5) is 16.6. The van der Waals surface area contributed by atoms with Gasteiger partial charge >= 0.3 is 0 Å². The molecule has 2 aliphatic rings. The van der Waals surface area contributed by atoms with E-state index < -0.39 is 5.66 Å². The van der Waals surface area contributed by atoms with Gasteiger partial charge in [0.05, 0.1) is 6.61 Å². The summed E-state index contributed by atoms with van der Waals surface area (Å²) in [5.74, 6) is -0.108. The Hall–Kier alpha value is -1.20. The molecule has 1 spiro atoms. The fourth-order valence-electron chi connectivity index (χ4n) is 2.33. The summed E-state index contributed by atoms with van der Waals surface area (Å²) in [6.07, 6.45) is 1.77. The number of hydrogen-bond donors (Lipinski definition) is 1. The van der Waals surface area contributed by atoms with Crippen LogP contribution in [0, 0.1) is 0 Å². The molecule has 4 nitrogen and oxygen atoms in total. The predicted octanol–water partition coefficient (Wildman–Crippen LogP) is 3.93. The zero-order valence-electron chi connectivity index (χ0n) is 13.8. The van der Waals surface area contributed by atoms with Crippen molar-refractivity contribution in [1.29, 1.82) is 0 Å². The fraction of sp³-hybridized carbons (Fsp3) is 0.529. The van der Waals surface area contributed by atoms with Crippen molar-refractivity contribution in [3.8, 4) is 0 Å². The molecule has 122 valence electrons. The van der Waals surface area contributed by atoms with Crippen LogP contribution in [0.5, 0.6) is 0 Å². The Morgan fingerprint density at radius 2 is 1.82 bits per heavy atom. The lowest BCUT2D eigenvalue weighted by atomic mass is 10.0. The second kappa shape index (κ2) is 9.06. The van der Waals surface area contributed by atoms with E-state index in [4.69, 9.17) is 4.74 Å². The smallest absolute Gasteiger partial charge is 0.272 e. The molecule has 2 aliphatic heterocycles. The number of ether oxygens (including phenoxy) is 1. The van der Waals surface area contributed by atoms with Gasteiger partial charge in [0, 0.05) is 16.6 Å². The maximum absolute atomic E-state index is 12.0. The third-order valence-electron chi connectivity index (χ3n) is 3.22. The quantitative estimate of drug-likeness (QED) is 0.816. The maximum Gasteiger partial charge on any atom is 0.272 e. The highest BCUT2D eigenvalue weighted by Gasteiger charge is 2.41. The van der Waals surface area contributed by atoms with Crippen molar-refractivity contribution >= 4 is 27.5 Å². The first-order chi connectivity index (χ1) is 10.7. The van der Waals surface area contributed by atoms with Gasteiger partial charge in [-0.15, -0.1) is 0 Å². The lowest BCUT2D eigenvalue weighted by Gasteiger charge is -2.30. The van der Waals surface area contributed by atoms with Crippen molar-refractivity contribution < 1.29 is 9.53 Å². The van der Waals surface area contributed by atoms with E-state index in [0.29, 0.717) is 12.3 Å². The van der Waals surface area contributed by atoms with Crippen molar-refractivity contribution in [2.45, 2.75) is 46.2 Å². The Labute approximate surface area is 141 Å². The van der Waals surface area contributed by atoms with Crippen LogP contribution in [0.25, 0.3) is 0 Å². The number of carbonyl (C=O) groups excluding carboxylic acids is 1. The number of nitrogens with zero attached hydrogens (tertiary/aromatic N) is 1. The molecule has 0 saturated carbocycles. The summed E-state index contributed by atoms with van der Waals surface area (Å²) in [6, 6.07) is 7.61. The zero-order chi connectivity index (χ0) is 16.6. The van der Waals surface area contributed by atoms with Crippen molar-refractivity contribution in [3.63, 3.8) is 0 Å². The summed E-state index contributed by atoms with van der Waals surface area (Å²) in [5, 5.41) is 2.95. The van der Waals surface area contributed by atoms with E-state index in [1.54, 1.807) is 0 Å². The van der Waals surface area contributed by atoms with Crippen LogP contribution in [0.15, 0.2) is 33.7 Å². The predicted molar refractivity (Wildman–Crippen MR) is 94.3 cm³/mol. The molecule has 1 amide bonds. The van der Waals surface area contributed by atoms with Gasteiger partial charge in [0.1, 0.15) is 5.71 Å². The first-order valence-corrected chi connectivity index (χ1v) is 8.74. The average molecular weight is 369 g/mol. The van der Waals surface area contributed by atoms with Crippen molar-refractivity contribution in [2.24, 2.45) is 4.99 Å². The summed E-state index contributed by atoms with van der Waals surface area (Å²) in [5.41, 5.74) is 0.823. The van der Waals surface area contributed by atoms with Gasteiger partial charge in [0.25, 0.3) is 5.91 Å². The molecule has 1 fully saturated rings. The number of halogens is 1. The molecule has 0 radical (unpaired) electrons. The highest BCUT2D eigenvalue weighted by molar-refractivity contribution is 9.10. The van der Waals surface area contributed by atoms with Crippen molar-refractivity contribution in [3.05, 3.63) is 34.3 Å². The molecule has 1 saturated heterocycles. The molecular weight excluding hydrogens is 344 g/mol. The van der Waals surface area contributed by atoms with E-state index in [2.05, 4.69) is 26.2 Å². The molecule has 1 N–H and O–H groups in total. The lowest BCUT2D eigenvalue weighted by Crippen LogP contribution is -2.48. The van der Waals surface area contributed by atoms with E-state index in [9.17, 15) is 4.79 Å². The number of aliphatic imine (C=N–C) groups is 1. The third kappa shape index (κ3) is 4.40. The van der Waals surface area contributed by atoms with Crippen LogP contribution in [-0.2, 0) is 9.53 Å². The Morgan fingerprint density at radius 3 is 2.36 bits per heavy atom. The molecule has 0 aliphatic carbocycles. The number of nitrogens with one attached hydrogen (secondary N) is 1. The number of benzene rings is 1. The SMILES string of the molecule is CC.CC.O=C1NC2(CCCOC2)N=C1c1ccc(Br)cc1. The Morgan fingerprint density at radius 1 is 1.18 bits per heavy atom. The second-order valence-corrected chi connectivity index (χ2v) is 5.52. The molecule has 1 unspecified atom stereocenters. The molecule has 2 heterocycles. The third-order valence-corrected chi connectivity index (χ3v) is 3.75. The molecule has 1 aromatic carbocycles. The van der Waals surface area contributed by atoms with Crippen LogP contribution in [0.1, 0.15) is 46.1 Å². The minimum Gasteiger partial charge on any atom is -0.377 e. The molecule has 1 aromatic rings. The largest absolute Gasteiger partial charge is 0.377 e. The highest BCUT2D eigenvalue weighted by atomic mass is 79.9. The minimum atomic E-state index is -0.530. The van der Waals surface area contributed by atoms with Crippen LogP contribution in [0.2, 0.25) is 0 Å².